The van der Waals surface area contributed by atoms with E-state index in [2.05, 4.69) is 32.0 Å². The van der Waals surface area contributed by atoms with Gasteiger partial charge in [-0.2, -0.15) is 10.2 Å². The van der Waals surface area contributed by atoms with Crippen LogP contribution in [0.1, 0.15) is 64.0 Å². The average Bonchev–Trinajstić information content (AvgIpc) is 2.85. The van der Waals surface area contributed by atoms with Gasteiger partial charge in [-0.3, -0.25) is 0 Å². The summed E-state index contributed by atoms with van der Waals surface area (Å²) in [7, 11) is 0. The lowest BCUT2D eigenvalue weighted by Crippen LogP contribution is -2.60. The Labute approximate surface area is 225 Å². The summed E-state index contributed by atoms with van der Waals surface area (Å²) in [5.41, 5.74) is -0.460. The molecule has 1 aromatic carbocycles. The molecule has 6 rings (SSSR count). The minimum Gasteiger partial charge on any atom is -0.444 e. The number of benzene rings is 1. The summed E-state index contributed by atoms with van der Waals surface area (Å²) >= 11 is 0. The van der Waals surface area contributed by atoms with Gasteiger partial charge in [-0.25, -0.2) is 22.9 Å². The molecule has 4 fully saturated rings. The Hall–Kier alpha value is -3.55. The number of rotatable bonds is 7. The fourth-order valence-electron chi connectivity index (χ4n) is 6.96. The molecule has 5 atom stereocenters. The number of nitrogens with zero attached hydrogens (tertiary/aromatic N) is 3. The topological polar surface area (TPSA) is 112 Å². The van der Waals surface area contributed by atoms with E-state index >= 15 is 0 Å². The van der Waals surface area contributed by atoms with Gasteiger partial charge in [-0.1, -0.05) is 0 Å². The molecule has 4 aliphatic carbocycles. The minimum absolute atomic E-state index is 0.0239. The number of ether oxygens (including phenoxy) is 1. The van der Waals surface area contributed by atoms with Crippen LogP contribution in [0.3, 0.4) is 0 Å². The van der Waals surface area contributed by atoms with Crippen LogP contribution >= 0.6 is 0 Å². The lowest BCUT2D eigenvalue weighted by Gasteiger charge is -2.60. The number of nitrogens with one attached hydrogen (secondary N) is 3. The second-order valence-electron chi connectivity index (χ2n) is 12.3. The molecule has 8 nitrogen and oxygen atoms in total. The second kappa shape index (κ2) is 10.2. The molecule has 0 saturated heterocycles. The summed E-state index contributed by atoms with van der Waals surface area (Å²) in [6.07, 6.45) is 6.15. The van der Waals surface area contributed by atoms with Gasteiger partial charge in [0.25, 0.3) is 0 Å². The number of carbonyl (C=O) groups is 1. The molecule has 3 N–H and O–H groups in total. The summed E-state index contributed by atoms with van der Waals surface area (Å²) in [5, 5.41) is 18.9. The molecule has 0 radical (unpaired) electrons. The Kier molecular flexibility index (Phi) is 7.08. The lowest BCUT2D eigenvalue weighted by atomic mass is 9.48. The van der Waals surface area contributed by atoms with Crippen molar-refractivity contribution in [3.05, 3.63) is 46.9 Å². The first-order chi connectivity index (χ1) is 18.4. The van der Waals surface area contributed by atoms with Gasteiger partial charge in [0.2, 0.25) is 5.95 Å². The number of hydrogen-bond acceptors (Lipinski definition) is 7. The van der Waals surface area contributed by atoms with E-state index in [1.807, 2.05) is 20.8 Å². The van der Waals surface area contributed by atoms with Gasteiger partial charge in [0.15, 0.2) is 11.6 Å². The number of anilines is 2. The van der Waals surface area contributed by atoms with Crippen LogP contribution in [-0.4, -0.2) is 34.2 Å². The summed E-state index contributed by atoms with van der Waals surface area (Å²) in [6, 6.07) is 3.58. The molecule has 1 amide bonds. The van der Waals surface area contributed by atoms with Crippen molar-refractivity contribution < 1.29 is 22.7 Å². The third kappa shape index (κ3) is 5.89. The van der Waals surface area contributed by atoms with Gasteiger partial charge in [0, 0.05) is 30.8 Å². The number of amides is 1. The molecule has 2 aromatic rings. The second-order valence-corrected chi connectivity index (χ2v) is 12.3. The summed E-state index contributed by atoms with van der Waals surface area (Å²) in [5.74, 6) is -1.51. The van der Waals surface area contributed by atoms with Crippen LogP contribution in [0.5, 0.6) is 0 Å². The number of hydrogen-bond donors (Lipinski definition) is 3. The van der Waals surface area contributed by atoms with Crippen LogP contribution < -0.4 is 16.0 Å². The molecule has 4 bridgehead atoms. The maximum absolute atomic E-state index is 14.0. The van der Waals surface area contributed by atoms with Gasteiger partial charge in [-0.15, -0.1) is 0 Å². The first-order valence-electron chi connectivity index (χ1n) is 13.3. The quantitative estimate of drug-likeness (QED) is 0.396. The zero-order valence-electron chi connectivity index (χ0n) is 22.3. The number of nitriles is 1. The minimum atomic E-state index is -1.27. The van der Waals surface area contributed by atoms with Gasteiger partial charge in [0.05, 0.1) is 6.20 Å². The van der Waals surface area contributed by atoms with E-state index in [0.29, 0.717) is 36.2 Å². The van der Waals surface area contributed by atoms with E-state index in [9.17, 15) is 23.2 Å². The van der Waals surface area contributed by atoms with Crippen molar-refractivity contribution >= 4 is 17.9 Å². The van der Waals surface area contributed by atoms with E-state index in [4.69, 9.17) is 4.74 Å². The third-order valence-electron chi connectivity index (χ3n) is 8.13. The maximum atomic E-state index is 14.0. The number of halogens is 3. The fourth-order valence-corrected chi connectivity index (χ4v) is 6.96. The fraction of sp³-hybridized carbons (Fsp3) is 0.571. The van der Waals surface area contributed by atoms with Crippen LogP contribution in [0.2, 0.25) is 0 Å². The lowest BCUT2D eigenvalue weighted by molar-refractivity contribution is -0.0703. The molecular weight excluding hydrogens is 509 g/mol. The van der Waals surface area contributed by atoms with E-state index in [1.54, 1.807) is 0 Å². The standard InChI is InChI=1S/C28H33F3N6O2/c1-27(2,3)39-26(38)36-23-16-4-15-5-17(23)10-28(8-15,9-16)14-35-24-19(11-32)13-34-25(37-24)33-12-18-6-20(29)7-21(30)22(18)31/h6-7,13,15-17,23H,4-5,8-10,12,14H2,1-3H3,(H,36,38)(H2,33,34,35,37)/t15?,16-,17+,23-,28-. The summed E-state index contributed by atoms with van der Waals surface area (Å²) in [6.45, 7) is 5.95. The zero-order chi connectivity index (χ0) is 27.9. The molecule has 208 valence electrons. The normalized spacial score (nSPS) is 27.1. The SMILES string of the molecule is CC(C)(C)OC(=O)N[C@@H]1[C@@H]2CC3C[C@H]1C[C@@](CNc1nc(NCc4cc(F)cc(F)c4F)ncc1C#N)(C3)C2. The number of alkyl carbamates (subject to hydrolysis) is 1. The van der Waals surface area contributed by atoms with Crippen molar-refractivity contribution in [1.29, 1.82) is 5.26 Å². The van der Waals surface area contributed by atoms with E-state index in [0.717, 1.165) is 38.2 Å². The first-order valence-corrected chi connectivity index (χ1v) is 13.3. The average molecular weight is 543 g/mol. The highest BCUT2D eigenvalue weighted by Crippen LogP contribution is 2.60. The van der Waals surface area contributed by atoms with Crippen molar-refractivity contribution in [2.75, 3.05) is 17.2 Å². The molecule has 1 heterocycles. The highest BCUT2D eigenvalue weighted by molar-refractivity contribution is 5.68. The molecule has 4 aliphatic rings. The van der Waals surface area contributed by atoms with Gasteiger partial charge in [-0.05, 0) is 82.1 Å². The van der Waals surface area contributed by atoms with Crippen LogP contribution in [0.25, 0.3) is 0 Å². The van der Waals surface area contributed by atoms with Crippen LogP contribution in [0.15, 0.2) is 18.3 Å². The predicted octanol–water partition coefficient (Wildman–Crippen LogP) is 5.51. The van der Waals surface area contributed by atoms with Gasteiger partial charge >= 0.3 is 6.09 Å². The molecule has 4 saturated carbocycles. The monoisotopic (exact) mass is 542 g/mol. The van der Waals surface area contributed by atoms with Gasteiger partial charge in [0.1, 0.15) is 28.9 Å². The first kappa shape index (κ1) is 27.0. The van der Waals surface area contributed by atoms with E-state index in [-0.39, 0.29) is 41.2 Å². The van der Waals surface area contributed by atoms with Crippen molar-refractivity contribution in [3.63, 3.8) is 0 Å². The van der Waals surface area contributed by atoms with Crippen LogP contribution in [-0.2, 0) is 11.3 Å². The Balaban J connectivity index is 1.25. The van der Waals surface area contributed by atoms with Crippen LogP contribution in [0.4, 0.5) is 29.7 Å². The number of carbonyl (C=O) groups excluding carboxylic acids is 1. The Bertz CT molecular complexity index is 1290. The van der Waals surface area contributed by atoms with Gasteiger partial charge < -0.3 is 20.7 Å². The van der Waals surface area contributed by atoms with Crippen molar-refractivity contribution in [1.82, 2.24) is 15.3 Å². The van der Waals surface area contributed by atoms with E-state index in [1.165, 1.54) is 6.20 Å². The van der Waals surface area contributed by atoms with Crippen molar-refractivity contribution in [2.24, 2.45) is 23.2 Å². The Morgan fingerprint density at radius 3 is 2.54 bits per heavy atom. The number of aromatic nitrogens is 2. The highest BCUT2D eigenvalue weighted by atomic mass is 19.2. The molecule has 1 unspecified atom stereocenters. The zero-order valence-corrected chi connectivity index (χ0v) is 22.3. The third-order valence-corrected chi connectivity index (χ3v) is 8.13. The predicted molar refractivity (Wildman–Crippen MR) is 138 cm³/mol. The largest absolute Gasteiger partial charge is 0.444 e. The molecular formula is C28H33F3N6O2. The molecule has 0 aliphatic heterocycles. The highest BCUT2D eigenvalue weighted by Gasteiger charge is 2.55. The molecule has 11 heteroatoms. The Morgan fingerprint density at radius 1 is 1.15 bits per heavy atom. The molecule has 1 aromatic heterocycles. The maximum Gasteiger partial charge on any atom is 0.407 e. The van der Waals surface area contributed by atoms with Crippen LogP contribution in [0, 0.1) is 52.0 Å². The smallest absolute Gasteiger partial charge is 0.407 e. The molecule has 39 heavy (non-hydrogen) atoms. The summed E-state index contributed by atoms with van der Waals surface area (Å²) in [4.78, 5) is 21.0. The van der Waals surface area contributed by atoms with E-state index < -0.39 is 23.1 Å². The summed E-state index contributed by atoms with van der Waals surface area (Å²) < 4.78 is 46.6. The molecule has 0 spiro atoms. The Morgan fingerprint density at radius 2 is 1.87 bits per heavy atom. The van der Waals surface area contributed by atoms with Crippen molar-refractivity contribution in [2.45, 2.75) is 71.1 Å². The van der Waals surface area contributed by atoms with Crippen molar-refractivity contribution in [3.8, 4) is 6.07 Å².